The van der Waals surface area contributed by atoms with E-state index in [1.807, 2.05) is 32.0 Å². The minimum atomic E-state index is -0.771. The molecular weight excluding hydrogens is 312 g/mol. The molecule has 0 aliphatic rings. The molecule has 2 aromatic rings. The maximum Gasteiger partial charge on any atom is 0.239 e. The van der Waals surface area contributed by atoms with Crippen LogP contribution in [0.3, 0.4) is 0 Å². The number of para-hydroxylation sites is 2. The smallest absolute Gasteiger partial charge is 0.239 e. The average Bonchev–Trinajstić information content (AvgIpc) is 2.79. The molecule has 1 atom stereocenters. The van der Waals surface area contributed by atoms with Crippen LogP contribution >= 0.6 is 12.4 Å². The second-order valence-corrected chi connectivity index (χ2v) is 6.08. The van der Waals surface area contributed by atoms with Crippen molar-refractivity contribution in [2.24, 2.45) is 5.73 Å². The fourth-order valence-electron chi connectivity index (χ4n) is 2.75. The third-order valence-electron chi connectivity index (χ3n) is 3.98. The molecule has 23 heavy (non-hydrogen) atoms. The minimum absolute atomic E-state index is 0. The van der Waals surface area contributed by atoms with E-state index < -0.39 is 5.54 Å². The van der Waals surface area contributed by atoms with Gasteiger partial charge in [0.1, 0.15) is 5.82 Å². The molecule has 1 amide bonds. The molecule has 1 unspecified atom stereocenters. The first-order chi connectivity index (χ1) is 10.5. The van der Waals surface area contributed by atoms with Crippen molar-refractivity contribution >= 4 is 29.3 Å². The van der Waals surface area contributed by atoms with Gasteiger partial charge in [-0.25, -0.2) is 4.98 Å². The number of imidazole rings is 1. The van der Waals surface area contributed by atoms with Gasteiger partial charge in [0.15, 0.2) is 0 Å². The predicted molar refractivity (Wildman–Crippen MR) is 96.8 cm³/mol. The van der Waals surface area contributed by atoms with Crippen LogP contribution in [0, 0.1) is 6.92 Å². The van der Waals surface area contributed by atoms with Crippen molar-refractivity contribution in [2.75, 3.05) is 6.54 Å². The standard InChI is InChI=1S/C17H26N4O.ClH/c1-4-10-17(3,18)16(22)19-11-7-12-21-13(2)20-14-8-5-6-9-15(14)21;/h5-6,8-9H,4,7,10-12,18H2,1-3H3,(H,19,22);1H. The number of nitrogens with one attached hydrogen (secondary N) is 1. The zero-order valence-electron chi connectivity index (χ0n) is 14.1. The molecule has 6 heteroatoms. The highest BCUT2D eigenvalue weighted by Gasteiger charge is 2.26. The Morgan fingerprint density at radius 3 is 2.78 bits per heavy atom. The third-order valence-corrected chi connectivity index (χ3v) is 3.98. The van der Waals surface area contributed by atoms with Gasteiger partial charge >= 0.3 is 0 Å². The number of hydrogen-bond acceptors (Lipinski definition) is 3. The Labute approximate surface area is 144 Å². The molecule has 0 radical (unpaired) electrons. The first kappa shape index (κ1) is 19.5. The van der Waals surface area contributed by atoms with Crippen molar-refractivity contribution in [1.29, 1.82) is 0 Å². The Morgan fingerprint density at radius 1 is 1.39 bits per heavy atom. The third kappa shape index (κ3) is 4.69. The van der Waals surface area contributed by atoms with Crippen LogP contribution < -0.4 is 11.1 Å². The number of hydrogen-bond donors (Lipinski definition) is 2. The summed E-state index contributed by atoms with van der Waals surface area (Å²) < 4.78 is 2.19. The maximum absolute atomic E-state index is 12.0. The fraction of sp³-hybridized carbons (Fsp3) is 0.529. The molecule has 5 nitrogen and oxygen atoms in total. The molecule has 1 heterocycles. The number of carbonyl (C=O) groups excluding carboxylic acids is 1. The fourth-order valence-corrected chi connectivity index (χ4v) is 2.75. The molecule has 0 saturated carbocycles. The molecule has 0 bridgehead atoms. The zero-order valence-corrected chi connectivity index (χ0v) is 14.9. The lowest BCUT2D eigenvalue weighted by Gasteiger charge is -2.22. The van der Waals surface area contributed by atoms with Gasteiger partial charge in [0, 0.05) is 13.1 Å². The van der Waals surface area contributed by atoms with E-state index in [1.54, 1.807) is 6.92 Å². The second kappa shape index (κ2) is 8.31. The van der Waals surface area contributed by atoms with Crippen LogP contribution in [0.1, 0.15) is 38.9 Å². The highest BCUT2D eigenvalue weighted by Crippen LogP contribution is 2.15. The van der Waals surface area contributed by atoms with E-state index >= 15 is 0 Å². The number of nitrogens with two attached hydrogens (primary N) is 1. The van der Waals surface area contributed by atoms with Gasteiger partial charge in [-0.2, -0.15) is 0 Å². The van der Waals surface area contributed by atoms with E-state index in [-0.39, 0.29) is 18.3 Å². The van der Waals surface area contributed by atoms with Crippen molar-refractivity contribution in [2.45, 2.75) is 52.1 Å². The van der Waals surface area contributed by atoms with E-state index in [4.69, 9.17) is 5.73 Å². The van der Waals surface area contributed by atoms with Crippen LogP contribution in [0.15, 0.2) is 24.3 Å². The zero-order chi connectivity index (χ0) is 16.2. The second-order valence-electron chi connectivity index (χ2n) is 6.08. The van der Waals surface area contributed by atoms with Crippen LogP contribution in [0.5, 0.6) is 0 Å². The molecule has 1 aromatic heterocycles. The molecule has 1 aromatic carbocycles. The van der Waals surface area contributed by atoms with Crippen LogP contribution in [-0.4, -0.2) is 27.5 Å². The lowest BCUT2D eigenvalue weighted by Crippen LogP contribution is -2.51. The monoisotopic (exact) mass is 338 g/mol. The number of benzene rings is 1. The Bertz CT molecular complexity index is 651. The Hall–Kier alpha value is -1.59. The highest BCUT2D eigenvalue weighted by molar-refractivity contribution is 5.85. The molecule has 2 rings (SSSR count). The van der Waals surface area contributed by atoms with Crippen molar-refractivity contribution in [3.63, 3.8) is 0 Å². The maximum atomic E-state index is 12.0. The van der Waals surface area contributed by atoms with Crippen molar-refractivity contribution in [3.05, 3.63) is 30.1 Å². The topological polar surface area (TPSA) is 72.9 Å². The summed E-state index contributed by atoms with van der Waals surface area (Å²) in [5, 5.41) is 2.94. The van der Waals surface area contributed by atoms with Crippen LogP contribution in [0.2, 0.25) is 0 Å². The molecule has 0 spiro atoms. The van der Waals surface area contributed by atoms with E-state index in [0.717, 1.165) is 36.2 Å². The summed E-state index contributed by atoms with van der Waals surface area (Å²) >= 11 is 0. The number of carbonyl (C=O) groups is 1. The Morgan fingerprint density at radius 2 is 2.09 bits per heavy atom. The van der Waals surface area contributed by atoms with Crippen molar-refractivity contribution < 1.29 is 4.79 Å². The van der Waals surface area contributed by atoms with Gasteiger partial charge in [0.25, 0.3) is 0 Å². The number of halogens is 1. The number of rotatable bonds is 7. The van der Waals surface area contributed by atoms with Gasteiger partial charge in [-0.3, -0.25) is 4.79 Å². The van der Waals surface area contributed by atoms with Gasteiger partial charge in [-0.05, 0) is 38.8 Å². The van der Waals surface area contributed by atoms with Crippen LogP contribution in [-0.2, 0) is 11.3 Å². The van der Waals surface area contributed by atoms with Gasteiger partial charge in [-0.15, -0.1) is 12.4 Å². The molecule has 0 fully saturated rings. The van der Waals surface area contributed by atoms with Gasteiger partial charge in [0.05, 0.1) is 16.6 Å². The lowest BCUT2D eigenvalue weighted by atomic mass is 9.96. The van der Waals surface area contributed by atoms with Gasteiger partial charge in [0.2, 0.25) is 5.91 Å². The number of amides is 1. The Balaban J connectivity index is 0.00000264. The lowest BCUT2D eigenvalue weighted by molar-refractivity contribution is -0.126. The first-order valence-electron chi connectivity index (χ1n) is 7.95. The number of fused-ring (bicyclic) bond motifs is 1. The number of aryl methyl sites for hydroxylation is 2. The largest absolute Gasteiger partial charge is 0.354 e. The summed E-state index contributed by atoms with van der Waals surface area (Å²) in [5.41, 5.74) is 7.40. The van der Waals surface area contributed by atoms with Gasteiger partial charge < -0.3 is 15.6 Å². The summed E-state index contributed by atoms with van der Waals surface area (Å²) in [6.45, 7) is 7.30. The predicted octanol–water partition coefficient (Wildman–Crippen LogP) is 2.79. The number of aromatic nitrogens is 2. The van der Waals surface area contributed by atoms with Crippen molar-refractivity contribution in [1.82, 2.24) is 14.9 Å². The molecule has 0 aliphatic carbocycles. The molecular formula is C17H27ClN4O. The quantitative estimate of drug-likeness (QED) is 0.762. The van der Waals surface area contributed by atoms with E-state index in [0.29, 0.717) is 13.0 Å². The minimum Gasteiger partial charge on any atom is -0.354 e. The Kier molecular flexibility index (Phi) is 7.03. The average molecular weight is 339 g/mol. The normalized spacial score (nSPS) is 13.4. The first-order valence-corrected chi connectivity index (χ1v) is 7.95. The molecule has 0 saturated heterocycles. The summed E-state index contributed by atoms with van der Waals surface area (Å²) in [5.74, 6) is 0.934. The summed E-state index contributed by atoms with van der Waals surface area (Å²) in [6, 6.07) is 8.11. The molecule has 128 valence electrons. The van der Waals surface area contributed by atoms with Gasteiger partial charge in [-0.1, -0.05) is 25.5 Å². The van der Waals surface area contributed by atoms with Crippen LogP contribution in [0.4, 0.5) is 0 Å². The number of nitrogens with zero attached hydrogens (tertiary/aromatic N) is 2. The molecule has 0 aliphatic heterocycles. The van der Waals surface area contributed by atoms with E-state index in [1.165, 1.54) is 0 Å². The highest BCUT2D eigenvalue weighted by atomic mass is 35.5. The SMILES string of the molecule is CCCC(C)(N)C(=O)NCCCn1c(C)nc2ccccc21.Cl. The van der Waals surface area contributed by atoms with Crippen molar-refractivity contribution in [3.8, 4) is 0 Å². The molecule has 3 N–H and O–H groups in total. The summed E-state index contributed by atoms with van der Waals surface area (Å²) in [7, 11) is 0. The van der Waals surface area contributed by atoms with Crippen LogP contribution in [0.25, 0.3) is 11.0 Å². The van der Waals surface area contributed by atoms with E-state index in [9.17, 15) is 4.79 Å². The summed E-state index contributed by atoms with van der Waals surface area (Å²) in [4.78, 5) is 16.6. The summed E-state index contributed by atoms with van der Waals surface area (Å²) in [6.07, 6.45) is 2.46. The van der Waals surface area contributed by atoms with E-state index in [2.05, 4.69) is 20.9 Å².